The number of rotatable bonds is 2. The summed E-state index contributed by atoms with van der Waals surface area (Å²) in [6.07, 6.45) is 1.46. The van der Waals surface area contributed by atoms with Gasteiger partial charge in [-0.3, -0.25) is 10.1 Å². The monoisotopic (exact) mass is 188 g/mol. The summed E-state index contributed by atoms with van der Waals surface area (Å²) in [5, 5.41) is 18.8. The van der Waals surface area contributed by atoms with Gasteiger partial charge in [-0.2, -0.15) is 5.26 Å². The summed E-state index contributed by atoms with van der Waals surface area (Å²) in [7, 11) is 0. The lowest BCUT2D eigenvalue weighted by Gasteiger charge is -1.93. The highest BCUT2D eigenvalue weighted by Gasteiger charge is 2.01. The first-order valence-corrected chi connectivity index (χ1v) is 3.96. The van der Waals surface area contributed by atoms with Crippen LogP contribution in [0.4, 0.5) is 0 Å². The molecular formula is C10H8N2O2. The normalized spacial score (nSPS) is 10.7. The van der Waals surface area contributed by atoms with E-state index in [-0.39, 0.29) is 5.70 Å². The van der Waals surface area contributed by atoms with Crippen LogP contribution in [-0.4, -0.2) is 4.92 Å². The summed E-state index contributed by atoms with van der Waals surface area (Å²) in [6.45, 7) is 1.43. The van der Waals surface area contributed by atoms with E-state index in [1.807, 2.05) is 6.07 Å². The Kier molecular flexibility index (Phi) is 2.97. The molecule has 1 rings (SSSR count). The van der Waals surface area contributed by atoms with Crippen LogP contribution in [0.25, 0.3) is 6.08 Å². The highest BCUT2D eigenvalue weighted by molar-refractivity contribution is 5.52. The Morgan fingerprint density at radius 1 is 1.50 bits per heavy atom. The second-order valence-corrected chi connectivity index (χ2v) is 2.78. The Hall–Kier alpha value is -2.15. The molecular weight excluding hydrogens is 180 g/mol. The zero-order valence-corrected chi connectivity index (χ0v) is 7.60. The average Bonchev–Trinajstić information content (AvgIpc) is 2.19. The quantitative estimate of drug-likeness (QED) is 0.527. The first-order valence-electron chi connectivity index (χ1n) is 3.96. The summed E-state index contributed by atoms with van der Waals surface area (Å²) in [5.41, 5.74) is 1.34. The number of nitro groups is 1. The van der Waals surface area contributed by atoms with E-state index < -0.39 is 4.92 Å². The van der Waals surface area contributed by atoms with Crippen LogP contribution < -0.4 is 0 Å². The number of hydrogen-bond acceptors (Lipinski definition) is 3. The van der Waals surface area contributed by atoms with Crippen molar-refractivity contribution < 1.29 is 4.92 Å². The first kappa shape index (κ1) is 9.93. The SMILES string of the molecule is C/C(=C\c1ccc(C#N)cc1)[N+](=O)[O-]. The number of allylic oxidation sites excluding steroid dienone is 1. The standard InChI is InChI=1S/C10H8N2O2/c1-8(12(13)14)6-9-2-4-10(7-11)5-3-9/h2-6H,1H3/b8-6+. The minimum absolute atomic E-state index is 0.0784. The van der Waals surface area contributed by atoms with Crippen LogP contribution in [0.5, 0.6) is 0 Å². The highest BCUT2D eigenvalue weighted by atomic mass is 16.6. The molecule has 0 saturated carbocycles. The topological polar surface area (TPSA) is 66.9 Å². The molecule has 0 saturated heterocycles. The van der Waals surface area contributed by atoms with E-state index in [4.69, 9.17) is 5.26 Å². The number of hydrogen-bond donors (Lipinski definition) is 0. The van der Waals surface area contributed by atoms with E-state index in [2.05, 4.69) is 0 Å². The second-order valence-electron chi connectivity index (χ2n) is 2.78. The Balaban J connectivity index is 2.95. The van der Waals surface area contributed by atoms with E-state index in [1.165, 1.54) is 13.0 Å². The fraction of sp³-hybridized carbons (Fsp3) is 0.100. The minimum Gasteiger partial charge on any atom is -0.259 e. The number of nitrogens with zero attached hydrogens (tertiary/aromatic N) is 2. The maximum atomic E-state index is 10.3. The van der Waals surface area contributed by atoms with Crippen LogP contribution in [0.1, 0.15) is 18.1 Å². The predicted octanol–water partition coefficient (Wildman–Crippen LogP) is 2.20. The van der Waals surface area contributed by atoms with Gasteiger partial charge in [0.05, 0.1) is 16.6 Å². The molecule has 0 spiro atoms. The minimum atomic E-state index is -0.446. The van der Waals surface area contributed by atoms with Crippen LogP contribution in [-0.2, 0) is 0 Å². The summed E-state index contributed by atoms with van der Waals surface area (Å²) >= 11 is 0. The molecule has 1 aromatic carbocycles. The van der Waals surface area contributed by atoms with E-state index in [0.717, 1.165) is 5.56 Å². The molecule has 0 radical (unpaired) electrons. The van der Waals surface area contributed by atoms with Crippen molar-refractivity contribution in [3.05, 3.63) is 51.2 Å². The zero-order chi connectivity index (χ0) is 10.6. The number of benzene rings is 1. The Bertz CT molecular complexity index is 413. The fourth-order valence-corrected chi connectivity index (χ4v) is 0.948. The lowest BCUT2D eigenvalue weighted by Crippen LogP contribution is -1.92. The van der Waals surface area contributed by atoms with Gasteiger partial charge in [-0.1, -0.05) is 12.1 Å². The zero-order valence-electron chi connectivity index (χ0n) is 7.60. The molecule has 0 aliphatic carbocycles. The molecule has 0 bridgehead atoms. The molecule has 0 aliphatic heterocycles. The Morgan fingerprint density at radius 3 is 2.50 bits per heavy atom. The summed E-state index contributed by atoms with van der Waals surface area (Å²) < 4.78 is 0. The largest absolute Gasteiger partial charge is 0.259 e. The van der Waals surface area contributed by atoms with Crippen molar-refractivity contribution in [1.82, 2.24) is 0 Å². The van der Waals surface area contributed by atoms with Crippen LogP contribution >= 0.6 is 0 Å². The van der Waals surface area contributed by atoms with Gasteiger partial charge in [0, 0.05) is 13.0 Å². The van der Waals surface area contributed by atoms with Crippen molar-refractivity contribution in [3.8, 4) is 6.07 Å². The molecule has 1 aromatic rings. The van der Waals surface area contributed by atoms with Gasteiger partial charge in [-0.25, -0.2) is 0 Å². The molecule has 0 N–H and O–H groups in total. The maximum Gasteiger partial charge on any atom is 0.243 e. The molecule has 0 aliphatic rings. The molecule has 4 heteroatoms. The van der Waals surface area contributed by atoms with Gasteiger partial charge in [0.2, 0.25) is 5.70 Å². The lowest BCUT2D eigenvalue weighted by molar-refractivity contribution is -0.422. The van der Waals surface area contributed by atoms with Crippen molar-refractivity contribution in [2.24, 2.45) is 0 Å². The van der Waals surface area contributed by atoms with Gasteiger partial charge in [-0.05, 0) is 17.7 Å². The summed E-state index contributed by atoms with van der Waals surface area (Å²) in [6, 6.07) is 8.57. The first-order chi connectivity index (χ1) is 6.63. The third-order valence-corrected chi connectivity index (χ3v) is 1.70. The van der Waals surface area contributed by atoms with Gasteiger partial charge >= 0.3 is 0 Å². The maximum absolute atomic E-state index is 10.3. The Morgan fingerprint density at radius 2 is 2.07 bits per heavy atom. The van der Waals surface area contributed by atoms with Crippen molar-refractivity contribution in [3.63, 3.8) is 0 Å². The highest BCUT2D eigenvalue weighted by Crippen LogP contribution is 2.08. The second kappa shape index (κ2) is 4.19. The molecule has 0 heterocycles. The predicted molar refractivity (Wildman–Crippen MR) is 51.8 cm³/mol. The van der Waals surface area contributed by atoms with E-state index in [1.54, 1.807) is 24.3 Å². The third kappa shape index (κ3) is 2.42. The number of nitriles is 1. The molecule has 0 amide bonds. The molecule has 0 fully saturated rings. The van der Waals surface area contributed by atoms with E-state index in [9.17, 15) is 10.1 Å². The van der Waals surface area contributed by atoms with Gasteiger partial charge in [-0.15, -0.1) is 0 Å². The summed E-state index contributed by atoms with van der Waals surface area (Å²) in [4.78, 5) is 9.87. The van der Waals surface area contributed by atoms with Crippen molar-refractivity contribution >= 4 is 6.08 Å². The van der Waals surface area contributed by atoms with Crippen molar-refractivity contribution in [2.45, 2.75) is 6.92 Å². The Labute approximate surface area is 81.2 Å². The van der Waals surface area contributed by atoms with Crippen LogP contribution in [0.3, 0.4) is 0 Å². The van der Waals surface area contributed by atoms with Crippen LogP contribution in [0.2, 0.25) is 0 Å². The van der Waals surface area contributed by atoms with Crippen molar-refractivity contribution in [1.29, 1.82) is 5.26 Å². The molecule has 4 nitrogen and oxygen atoms in total. The average molecular weight is 188 g/mol. The van der Waals surface area contributed by atoms with E-state index >= 15 is 0 Å². The van der Waals surface area contributed by atoms with Crippen LogP contribution in [0.15, 0.2) is 30.0 Å². The van der Waals surface area contributed by atoms with Gasteiger partial charge in [0.15, 0.2) is 0 Å². The van der Waals surface area contributed by atoms with E-state index in [0.29, 0.717) is 5.56 Å². The smallest absolute Gasteiger partial charge is 0.243 e. The molecule has 0 atom stereocenters. The van der Waals surface area contributed by atoms with Crippen LogP contribution in [0, 0.1) is 21.4 Å². The molecule has 14 heavy (non-hydrogen) atoms. The molecule has 0 unspecified atom stereocenters. The van der Waals surface area contributed by atoms with Gasteiger partial charge in [0.25, 0.3) is 0 Å². The van der Waals surface area contributed by atoms with Gasteiger partial charge < -0.3 is 0 Å². The fourth-order valence-electron chi connectivity index (χ4n) is 0.948. The molecule has 70 valence electrons. The third-order valence-electron chi connectivity index (χ3n) is 1.70. The van der Waals surface area contributed by atoms with Crippen molar-refractivity contribution in [2.75, 3.05) is 0 Å². The molecule has 0 aromatic heterocycles. The van der Waals surface area contributed by atoms with Gasteiger partial charge in [0.1, 0.15) is 0 Å². The lowest BCUT2D eigenvalue weighted by atomic mass is 10.1. The summed E-state index contributed by atoms with van der Waals surface area (Å²) in [5.74, 6) is 0.